The monoisotopic (exact) mass is 464 g/mol. The molecular formula is C26H32N4O4. The highest BCUT2D eigenvalue weighted by Crippen LogP contribution is 2.36. The van der Waals surface area contributed by atoms with Crippen molar-refractivity contribution < 1.29 is 19.1 Å². The molecule has 2 aliphatic heterocycles. The second-order valence-corrected chi connectivity index (χ2v) is 9.26. The van der Waals surface area contributed by atoms with E-state index in [0.717, 1.165) is 18.7 Å². The predicted octanol–water partition coefficient (Wildman–Crippen LogP) is 3.12. The summed E-state index contributed by atoms with van der Waals surface area (Å²) in [4.78, 5) is 44.5. The van der Waals surface area contributed by atoms with Gasteiger partial charge >= 0.3 is 6.09 Å². The maximum Gasteiger partial charge on any atom is 0.411 e. The molecule has 2 aromatic carbocycles. The highest BCUT2D eigenvalue weighted by atomic mass is 16.6. The van der Waals surface area contributed by atoms with E-state index in [1.165, 1.54) is 4.90 Å². The quantitative estimate of drug-likeness (QED) is 0.710. The molecule has 180 valence electrons. The molecule has 2 saturated heterocycles. The summed E-state index contributed by atoms with van der Waals surface area (Å²) in [6.07, 6.45) is -1.28. The van der Waals surface area contributed by atoms with Crippen LogP contribution in [0.25, 0.3) is 0 Å². The Bertz CT molecular complexity index is 1030. The Morgan fingerprint density at radius 1 is 1.03 bits per heavy atom. The van der Waals surface area contributed by atoms with E-state index in [2.05, 4.69) is 10.2 Å². The van der Waals surface area contributed by atoms with Crippen LogP contribution in [0.2, 0.25) is 0 Å². The molecule has 8 heteroatoms. The zero-order chi connectivity index (χ0) is 24.2. The fourth-order valence-electron chi connectivity index (χ4n) is 4.27. The number of likely N-dealkylation sites (N-methyl/N-ethyl adjacent to an activating group) is 1. The Hall–Kier alpha value is -3.39. The number of benzene rings is 2. The van der Waals surface area contributed by atoms with Crippen molar-refractivity contribution in [2.45, 2.75) is 32.5 Å². The molecule has 1 N–H and O–H groups in total. The van der Waals surface area contributed by atoms with E-state index in [-0.39, 0.29) is 24.3 Å². The summed E-state index contributed by atoms with van der Waals surface area (Å²) < 4.78 is 5.80. The van der Waals surface area contributed by atoms with Crippen LogP contribution >= 0.6 is 0 Å². The lowest BCUT2D eigenvalue weighted by molar-refractivity contribution is -0.138. The number of anilines is 1. The summed E-state index contributed by atoms with van der Waals surface area (Å²) >= 11 is 0. The molecule has 0 aromatic heterocycles. The standard InChI is InChI=1S/C26H32N4O4/c1-18(2)24(31)27-21-11-7-10-20(16-21)23-22(25(32)29-14-12-28(3)13-15-29)30(26(33)34-23)17-19-8-5-4-6-9-19/h4-11,16,18,22-23H,12-15,17H2,1-3H3,(H,27,31). The van der Waals surface area contributed by atoms with Gasteiger partial charge in [0.05, 0.1) is 6.54 Å². The number of nitrogens with zero attached hydrogens (tertiary/aromatic N) is 3. The molecule has 2 heterocycles. The first-order valence-corrected chi connectivity index (χ1v) is 11.7. The fraction of sp³-hybridized carbons (Fsp3) is 0.423. The smallest absolute Gasteiger partial charge is 0.411 e. The van der Waals surface area contributed by atoms with Crippen molar-refractivity contribution >= 4 is 23.6 Å². The molecule has 8 nitrogen and oxygen atoms in total. The van der Waals surface area contributed by atoms with Gasteiger partial charge in [0.15, 0.2) is 12.1 Å². The number of rotatable bonds is 6. The second kappa shape index (κ2) is 10.3. The number of hydrogen-bond acceptors (Lipinski definition) is 5. The summed E-state index contributed by atoms with van der Waals surface area (Å²) in [6, 6.07) is 16.0. The number of carbonyl (C=O) groups is 3. The molecule has 0 saturated carbocycles. The number of amides is 3. The predicted molar refractivity (Wildman–Crippen MR) is 129 cm³/mol. The average molecular weight is 465 g/mol. The van der Waals surface area contributed by atoms with Gasteiger partial charge in [0.1, 0.15) is 0 Å². The van der Waals surface area contributed by atoms with Crippen LogP contribution in [0.15, 0.2) is 54.6 Å². The number of cyclic esters (lactones) is 1. The van der Waals surface area contributed by atoms with Crippen molar-refractivity contribution in [3.8, 4) is 0 Å². The molecule has 2 atom stereocenters. The third-order valence-electron chi connectivity index (χ3n) is 6.36. The van der Waals surface area contributed by atoms with Gasteiger partial charge in [0.25, 0.3) is 0 Å². The van der Waals surface area contributed by atoms with Gasteiger partial charge in [-0.25, -0.2) is 4.79 Å². The fourth-order valence-corrected chi connectivity index (χ4v) is 4.27. The molecular weight excluding hydrogens is 432 g/mol. The molecule has 0 radical (unpaired) electrons. The first-order valence-electron chi connectivity index (χ1n) is 11.7. The van der Waals surface area contributed by atoms with E-state index >= 15 is 0 Å². The van der Waals surface area contributed by atoms with E-state index in [1.807, 2.05) is 62.2 Å². The third-order valence-corrected chi connectivity index (χ3v) is 6.36. The number of ether oxygens (including phenoxy) is 1. The topological polar surface area (TPSA) is 82.2 Å². The molecule has 2 aliphatic rings. The number of nitrogens with one attached hydrogen (secondary N) is 1. The van der Waals surface area contributed by atoms with Crippen LogP contribution in [0.5, 0.6) is 0 Å². The molecule has 3 amide bonds. The van der Waals surface area contributed by atoms with Crippen LogP contribution in [0, 0.1) is 5.92 Å². The van der Waals surface area contributed by atoms with Crippen LogP contribution < -0.4 is 5.32 Å². The number of hydrogen-bond donors (Lipinski definition) is 1. The lowest BCUT2D eigenvalue weighted by Gasteiger charge is -2.36. The van der Waals surface area contributed by atoms with Crippen molar-refractivity contribution in [1.82, 2.24) is 14.7 Å². The van der Waals surface area contributed by atoms with Crippen LogP contribution in [-0.2, 0) is 20.9 Å². The minimum Gasteiger partial charge on any atom is -0.438 e. The van der Waals surface area contributed by atoms with Crippen molar-refractivity contribution in [2.75, 3.05) is 38.5 Å². The molecule has 0 bridgehead atoms. The van der Waals surface area contributed by atoms with E-state index in [1.54, 1.807) is 18.2 Å². The molecule has 2 unspecified atom stereocenters. The average Bonchev–Trinajstić information content (AvgIpc) is 3.15. The van der Waals surface area contributed by atoms with Crippen molar-refractivity contribution in [1.29, 1.82) is 0 Å². The molecule has 2 aromatic rings. The molecule has 4 rings (SSSR count). The number of carbonyl (C=O) groups excluding carboxylic acids is 3. The maximum atomic E-state index is 13.8. The first-order chi connectivity index (χ1) is 16.3. The highest BCUT2D eigenvalue weighted by molar-refractivity contribution is 5.92. The van der Waals surface area contributed by atoms with Gasteiger partial charge in [0.2, 0.25) is 11.8 Å². The van der Waals surface area contributed by atoms with E-state index in [9.17, 15) is 14.4 Å². The van der Waals surface area contributed by atoms with Crippen molar-refractivity contribution in [3.63, 3.8) is 0 Å². The van der Waals surface area contributed by atoms with Crippen LogP contribution in [-0.4, -0.2) is 71.9 Å². The highest BCUT2D eigenvalue weighted by Gasteiger charge is 2.48. The zero-order valence-corrected chi connectivity index (χ0v) is 19.9. The van der Waals surface area contributed by atoms with Crippen LogP contribution in [0.4, 0.5) is 10.5 Å². The molecule has 0 aliphatic carbocycles. The van der Waals surface area contributed by atoms with Crippen molar-refractivity contribution in [2.24, 2.45) is 5.92 Å². The Morgan fingerprint density at radius 2 is 1.74 bits per heavy atom. The summed E-state index contributed by atoms with van der Waals surface area (Å²) in [6.45, 7) is 6.71. The number of piperazine rings is 1. The Kier molecular flexibility index (Phi) is 7.17. The normalized spacial score (nSPS) is 21.0. The minimum atomic E-state index is -0.785. The molecule has 0 spiro atoms. The lowest BCUT2D eigenvalue weighted by Crippen LogP contribution is -2.54. The van der Waals surface area contributed by atoms with Crippen molar-refractivity contribution in [3.05, 3.63) is 65.7 Å². The van der Waals surface area contributed by atoms with E-state index in [0.29, 0.717) is 24.3 Å². The summed E-state index contributed by atoms with van der Waals surface area (Å²) in [5.41, 5.74) is 2.21. The van der Waals surface area contributed by atoms with Crippen LogP contribution in [0.1, 0.15) is 31.1 Å². The summed E-state index contributed by atoms with van der Waals surface area (Å²) in [7, 11) is 2.03. The van der Waals surface area contributed by atoms with Crippen LogP contribution in [0.3, 0.4) is 0 Å². The van der Waals surface area contributed by atoms with E-state index in [4.69, 9.17) is 4.74 Å². The zero-order valence-electron chi connectivity index (χ0n) is 19.9. The van der Waals surface area contributed by atoms with Gasteiger partial charge < -0.3 is 19.9 Å². The molecule has 34 heavy (non-hydrogen) atoms. The maximum absolute atomic E-state index is 13.8. The van der Waals surface area contributed by atoms with Gasteiger partial charge in [-0.05, 0) is 30.3 Å². The first kappa shape index (κ1) is 23.8. The third kappa shape index (κ3) is 5.22. The Balaban J connectivity index is 1.64. The Labute approximate surface area is 200 Å². The van der Waals surface area contributed by atoms with Gasteiger partial charge in [-0.15, -0.1) is 0 Å². The Morgan fingerprint density at radius 3 is 2.41 bits per heavy atom. The van der Waals surface area contributed by atoms with Gasteiger partial charge in [-0.2, -0.15) is 0 Å². The molecule has 2 fully saturated rings. The summed E-state index contributed by atoms with van der Waals surface area (Å²) in [5.74, 6) is -0.381. The summed E-state index contributed by atoms with van der Waals surface area (Å²) in [5, 5.41) is 2.89. The van der Waals surface area contributed by atoms with Gasteiger partial charge in [0, 0.05) is 37.8 Å². The van der Waals surface area contributed by atoms with E-state index < -0.39 is 18.2 Å². The minimum absolute atomic E-state index is 0.101. The van der Waals surface area contributed by atoms with Gasteiger partial charge in [-0.1, -0.05) is 56.3 Å². The lowest BCUT2D eigenvalue weighted by atomic mass is 9.99. The second-order valence-electron chi connectivity index (χ2n) is 9.26. The van der Waals surface area contributed by atoms with Gasteiger partial charge in [-0.3, -0.25) is 14.5 Å². The largest absolute Gasteiger partial charge is 0.438 e. The SMILES string of the molecule is CC(C)C(=O)Nc1cccc(C2OC(=O)N(Cc3ccccc3)C2C(=O)N2CCN(C)CC2)c1.